The Morgan fingerprint density at radius 2 is 2.12 bits per heavy atom. The zero-order valence-electron chi connectivity index (χ0n) is 14.5. The van der Waals surface area contributed by atoms with E-state index in [0.717, 1.165) is 35.8 Å². The summed E-state index contributed by atoms with van der Waals surface area (Å²) < 4.78 is 6.02. The molecule has 3 N–H and O–H groups in total. The highest BCUT2D eigenvalue weighted by Gasteiger charge is 2.39. The van der Waals surface area contributed by atoms with E-state index in [4.69, 9.17) is 10.5 Å². The predicted octanol–water partition coefficient (Wildman–Crippen LogP) is 2.87. The van der Waals surface area contributed by atoms with Gasteiger partial charge in [0.2, 0.25) is 5.88 Å². The van der Waals surface area contributed by atoms with Crippen molar-refractivity contribution in [1.82, 2.24) is 0 Å². The molecule has 2 aliphatic heterocycles. The summed E-state index contributed by atoms with van der Waals surface area (Å²) in [5.74, 6) is 1.00. The van der Waals surface area contributed by atoms with Crippen LogP contribution >= 0.6 is 22.7 Å². The lowest BCUT2D eigenvalue weighted by Gasteiger charge is -2.35. The number of likely N-dealkylation sites (N-methyl/N-ethyl adjacent to an activating group) is 1. The van der Waals surface area contributed by atoms with Crippen LogP contribution in [0.3, 0.4) is 0 Å². The summed E-state index contributed by atoms with van der Waals surface area (Å²) in [4.78, 5) is 3.82. The van der Waals surface area contributed by atoms with Crippen LogP contribution < -0.4 is 10.6 Å². The summed E-state index contributed by atoms with van der Waals surface area (Å²) in [6.07, 6.45) is 2.20. The van der Waals surface area contributed by atoms with Crippen LogP contribution in [0.5, 0.6) is 0 Å². The molecule has 0 amide bonds. The molecule has 0 aliphatic carbocycles. The summed E-state index contributed by atoms with van der Waals surface area (Å²) >= 11 is 3.38. The van der Waals surface area contributed by atoms with Gasteiger partial charge in [-0.1, -0.05) is 12.1 Å². The third-order valence-electron chi connectivity index (χ3n) is 4.89. The van der Waals surface area contributed by atoms with Crippen molar-refractivity contribution in [3.63, 3.8) is 0 Å². The van der Waals surface area contributed by atoms with Crippen molar-refractivity contribution in [2.75, 3.05) is 19.6 Å². The van der Waals surface area contributed by atoms with Gasteiger partial charge in [-0.2, -0.15) is 5.26 Å². The van der Waals surface area contributed by atoms with Crippen LogP contribution in [0, 0.1) is 11.3 Å². The number of hydrogen-bond donors (Lipinski definition) is 2. The normalized spacial score (nSPS) is 24.4. The van der Waals surface area contributed by atoms with Crippen LogP contribution in [0.2, 0.25) is 0 Å². The Balaban J connectivity index is 1.87. The van der Waals surface area contributed by atoms with Gasteiger partial charge in [-0.05, 0) is 35.9 Å². The summed E-state index contributed by atoms with van der Waals surface area (Å²) in [5, 5.41) is 13.8. The lowest BCUT2D eigenvalue weighted by atomic mass is 9.84. The molecular weight excluding hydrogens is 362 g/mol. The smallest absolute Gasteiger partial charge is 0.205 e. The van der Waals surface area contributed by atoms with E-state index in [2.05, 4.69) is 42.6 Å². The largest absolute Gasteiger partial charge is 0.440 e. The zero-order valence-corrected chi connectivity index (χ0v) is 16.1. The lowest BCUT2D eigenvalue weighted by molar-refractivity contribution is -0.890. The first-order chi connectivity index (χ1) is 12.7. The van der Waals surface area contributed by atoms with Gasteiger partial charge in [-0.15, -0.1) is 22.7 Å². The maximum absolute atomic E-state index is 9.71. The van der Waals surface area contributed by atoms with Crippen LogP contribution in [0.25, 0.3) is 6.08 Å². The molecule has 132 valence electrons. The molecule has 2 aromatic rings. The van der Waals surface area contributed by atoms with Crippen molar-refractivity contribution in [3.05, 3.63) is 73.1 Å². The van der Waals surface area contributed by atoms with Gasteiger partial charge < -0.3 is 15.4 Å². The molecule has 6 heteroatoms. The molecule has 0 bridgehead atoms. The minimum atomic E-state index is -0.0997. The Morgan fingerprint density at radius 3 is 2.77 bits per heavy atom. The maximum atomic E-state index is 9.71. The van der Waals surface area contributed by atoms with E-state index in [9.17, 15) is 5.26 Å². The second kappa shape index (κ2) is 7.12. The molecular formula is C20H20N3OS2+. The maximum Gasteiger partial charge on any atom is 0.205 e. The van der Waals surface area contributed by atoms with Crippen LogP contribution in [0.4, 0.5) is 0 Å². The van der Waals surface area contributed by atoms with E-state index in [1.807, 2.05) is 11.4 Å². The van der Waals surface area contributed by atoms with Gasteiger partial charge in [-0.25, -0.2) is 0 Å². The van der Waals surface area contributed by atoms with Crippen molar-refractivity contribution < 1.29 is 9.64 Å². The highest BCUT2D eigenvalue weighted by Crippen LogP contribution is 2.43. The standard InChI is InChI=1S/C20H19N3OS2/c1-2-23-11-13(9-14-5-3-7-25-14)19-16(12-23)18(17-6-4-8-26-17)15(10-21)20(22)24-19/h3-9,18H,2,11-12,22H2,1H3/p+1/b13-9+/t18-/m1/s1. The van der Waals surface area contributed by atoms with Gasteiger partial charge in [0.1, 0.15) is 30.5 Å². The van der Waals surface area contributed by atoms with E-state index in [-0.39, 0.29) is 11.8 Å². The van der Waals surface area contributed by atoms with E-state index in [1.54, 1.807) is 22.7 Å². The third kappa shape index (κ3) is 2.99. The van der Waals surface area contributed by atoms with Crippen LogP contribution in [0.1, 0.15) is 22.6 Å². The summed E-state index contributed by atoms with van der Waals surface area (Å²) in [5.41, 5.74) is 9.03. The Kier molecular flexibility index (Phi) is 4.68. The van der Waals surface area contributed by atoms with Crippen molar-refractivity contribution in [1.29, 1.82) is 5.26 Å². The van der Waals surface area contributed by atoms with Gasteiger partial charge >= 0.3 is 0 Å². The van der Waals surface area contributed by atoms with Crippen molar-refractivity contribution in [2.24, 2.45) is 5.73 Å². The Morgan fingerprint density at radius 1 is 1.31 bits per heavy atom. The number of nitrogens with two attached hydrogens (primary N) is 1. The molecule has 0 fully saturated rings. The molecule has 0 saturated heterocycles. The molecule has 4 nitrogen and oxygen atoms in total. The van der Waals surface area contributed by atoms with E-state index in [0.29, 0.717) is 5.57 Å². The minimum Gasteiger partial charge on any atom is -0.440 e. The Labute approximate surface area is 161 Å². The van der Waals surface area contributed by atoms with Crippen molar-refractivity contribution >= 4 is 28.7 Å². The first-order valence-corrected chi connectivity index (χ1v) is 10.4. The average molecular weight is 383 g/mol. The number of rotatable bonds is 3. The zero-order chi connectivity index (χ0) is 18.1. The highest BCUT2D eigenvalue weighted by molar-refractivity contribution is 7.10. The SMILES string of the molecule is CC[NH+]1CC2=C(OC(N)=C(C#N)[C@H]2c2cccs2)/C(=C/c2cccs2)C1. The topological polar surface area (TPSA) is 63.5 Å². The molecule has 0 radical (unpaired) electrons. The summed E-state index contributed by atoms with van der Waals surface area (Å²) in [7, 11) is 0. The molecule has 2 atom stereocenters. The van der Waals surface area contributed by atoms with Gasteiger partial charge in [0.15, 0.2) is 0 Å². The molecule has 0 spiro atoms. The highest BCUT2D eigenvalue weighted by atomic mass is 32.1. The van der Waals surface area contributed by atoms with Crippen LogP contribution in [0.15, 0.2) is 63.4 Å². The molecule has 2 aliphatic rings. The first-order valence-electron chi connectivity index (χ1n) is 8.63. The number of allylic oxidation sites excluding steroid dienone is 1. The molecule has 2 aromatic heterocycles. The van der Waals surface area contributed by atoms with Crippen LogP contribution in [-0.2, 0) is 4.74 Å². The number of nitriles is 1. The number of nitrogens with zero attached hydrogens (tertiary/aromatic N) is 1. The molecule has 1 unspecified atom stereocenters. The first kappa shape index (κ1) is 17.1. The molecule has 0 aromatic carbocycles. The number of nitrogens with one attached hydrogen (secondary N) is 1. The monoisotopic (exact) mass is 382 g/mol. The summed E-state index contributed by atoms with van der Waals surface area (Å²) in [6, 6.07) is 10.6. The fraction of sp³-hybridized carbons (Fsp3) is 0.250. The Hall–Kier alpha value is -2.33. The fourth-order valence-corrected chi connectivity index (χ4v) is 5.16. The quantitative estimate of drug-likeness (QED) is 0.858. The van der Waals surface area contributed by atoms with Crippen molar-refractivity contribution in [3.8, 4) is 6.07 Å². The molecule has 4 heterocycles. The minimum absolute atomic E-state index is 0.0997. The fourth-order valence-electron chi connectivity index (χ4n) is 3.61. The van der Waals surface area contributed by atoms with Gasteiger partial charge in [0.25, 0.3) is 0 Å². The van der Waals surface area contributed by atoms with Gasteiger partial charge in [-0.3, -0.25) is 0 Å². The predicted molar refractivity (Wildman–Crippen MR) is 106 cm³/mol. The molecule has 26 heavy (non-hydrogen) atoms. The Bertz CT molecular complexity index is 930. The number of thiophene rings is 2. The van der Waals surface area contributed by atoms with Gasteiger partial charge in [0.05, 0.1) is 18.0 Å². The van der Waals surface area contributed by atoms with E-state index >= 15 is 0 Å². The van der Waals surface area contributed by atoms with Crippen LogP contribution in [-0.4, -0.2) is 19.6 Å². The van der Waals surface area contributed by atoms with E-state index in [1.165, 1.54) is 15.4 Å². The average Bonchev–Trinajstić information content (AvgIpc) is 3.34. The summed E-state index contributed by atoms with van der Waals surface area (Å²) in [6.45, 7) is 4.99. The second-order valence-corrected chi connectivity index (χ2v) is 8.40. The number of hydrogen-bond acceptors (Lipinski definition) is 5. The van der Waals surface area contributed by atoms with Gasteiger partial charge in [0, 0.05) is 15.3 Å². The van der Waals surface area contributed by atoms with Crippen molar-refractivity contribution in [2.45, 2.75) is 12.8 Å². The number of ether oxygens (including phenoxy) is 1. The number of quaternary nitrogens is 1. The lowest BCUT2D eigenvalue weighted by Crippen LogP contribution is -3.12. The van der Waals surface area contributed by atoms with E-state index < -0.39 is 0 Å². The molecule has 0 saturated carbocycles. The second-order valence-electron chi connectivity index (χ2n) is 6.44. The molecule has 4 rings (SSSR count). The third-order valence-corrected chi connectivity index (χ3v) is 6.64.